The van der Waals surface area contributed by atoms with E-state index in [9.17, 15) is 4.79 Å². The van der Waals surface area contributed by atoms with Gasteiger partial charge in [0, 0.05) is 25.3 Å². The zero-order valence-corrected chi connectivity index (χ0v) is 12.5. The molecule has 2 amide bonds. The first-order valence-electron chi connectivity index (χ1n) is 6.81. The molecule has 1 fully saturated rings. The first-order valence-corrected chi connectivity index (χ1v) is 6.81. The van der Waals surface area contributed by atoms with Crippen molar-refractivity contribution in [2.75, 3.05) is 32.5 Å². The lowest BCUT2D eigenvalue weighted by Gasteiger charge is -2.42. The number of carbonyl (C=O) groups excluding carboxylic acids is 1. The van der Waals surface area contributed by atoms with E-state index in [1.54, 1.807) is 23.2 Å². The van der Waals surface area contributed by atoms with Gasteiger partial charge in [-0.1, -0.05) is 0 Å². The summed E-state index contributed by atoms with van der Waals surface area (Å²) in [5, 5.41) is 2.86. The highest BCUT2D eigenvalue weighted by molar-refractivity contribution is 5.91. The third-order valence-electron chi connectivity index (χ3n) is 3.24. The normalized spacial score (nSPS) is 15.4. The van der Waals surface area contributed by atoms with Crippen LogP contribution >= 0.6 is 0 Å². The van der Waals surface area contributed by atoms with Gasteiger partial charge in [-0.15, -0.1) is 0 Å². The summed E-state index contributed by atoms with van der Waals surface area (Å²) < 4.78 is 5.58. The van der Waals surface area contributed by atoms with Crippen molar-refractivity contribution < 1.29 is 9.53 Å². The predicted octanol–water partition coefficient (Wildman–Crippen LogP) is 1.65. The lowest BCUT2D eigenvalue weighted by molar-refractivity contribution is 0.0942. The van der Waals surface area contributed by atoms with Crippen LogP contribution in [0, 0.1) is 0 Å². The molecule has 0 aliphatic carbocycles. The first-order chi connectivity index (χ1) is 9.47. The number of urea groups is 1. The molecule has 1 N–H and O–H groups in total. The average Bonchev–Trinajstić information content (AvgIpc) is 2.28. The first kappa shape index (κ1) is 14.6. The number of hydrogen-bond acceptors (Lipinski definition) is 4. The molecule has 20 heavy (non-hydrogen) atoms. The van der Waals surface area contributed by atoms with Crippen molar-refractivity contribution in [3.8, 4) is 5.88 Å². The monoisotopic (exact) mass is 278 g/mol. The van der Waals surface area contributed by atoms with Gasteiger partial charge in [-0.3, -0.25) is 0 Å². The number of anilines is 1. The number of likely N-dealkylation sites (tertiary alicyclic amines) is 1. The van der Waals surface area contributed by atoms with E-state index in [2.05, 4.69) is 15.2 Å². The third kappa shape index (κ3) is 3.39. The van der Waals surface area contributed by atoms with Gasteiger partial charge in [-0.05, 0) is 40.1 Å². The van der Waals surface area contributed by atoms with Crippen LogP contribution in [0.3, 0.4) is 0 Å². The Balaban J connectivity index is 1.95. The molecule has 2 rings (SSSR count). The molecule has 0 unspecified atom stereocenters. The van der Waals surface area contributed by atoms with Crippen molar-refractivity contribution in [1.82, 2.24) is 14.8 Å². The molecule has 110 valence electrons. The Kier molecular flexibility index (Phi) is 4.44. The quantitative estimate of drug-likeness (QED) is 0.910. The number of rotatable bonds is 4. The number of amides is 2. The molecule has 6 nitrogen and oxygen atoms in total. The van der Waals surface area contributed by atoms with Gasteiger partial charge in [0.15, 0.2) is 0 Å². The van der Waals surface area contributed by atoms with Crippen molar-refractivity contribution in [3.63, 3.8) is 0 Å². The molecular weight excluding hydrogens is 256 g/mol. The second-order valence-electron chi connectivity index (χ2n) is 5.48. The molecule has 1 aromatic rings. The Hall–Kier alpha value is -1.82. The van der Waals surface area contributed by atoms with Crippen LogP contribution in [0.25, 0.3) is 0 Å². The van der Waals surface area contributed by atoms with Crippen LogP contribution in [-0.2, 0) is 0 Å². The molecule has 1 aromatic heterocycles. The van der Waals surface area contributed by atoms with Gasteiger partial charge in [0.25, 0.3) is 0 Å². The number of aromatic nitrogens is 1. The van der Waals surface area contributed by atoms with E-state index in [1.165, 1.54) is 0 Å². The molecule has 1 aliphatic rings. The summed E-state index contributed by atoms with van der Waals surface area (Å²) in [5.41, 5.74) is 0.611. The lowest BCUT2D eigenvalue weighted by atomic mass is 10.1. The average molecular weight is 278 g/mol. The molecule has 1 saturated heterocycles. The van der Waals surface area contributed by atoms with Gasteiger partial charge in [0.05, 0.1) is 6.10 Å². The van der Waals surface area contributed by atoms with Gasteiger partial charge in [-0.25, -0.2) is 9.78 Å². The maximum atomic E-state index is 12.1. The number of carbonyl (C=O) groups is 1. The van der Waals surface area contributed by atoms with Crippen LogP contribution in [0.4, 0.5) is 10.5 Å². The molecule has 0 bridgehead atoms. The highest BCUT2D eigenvalue weighted by atomic mass is 16.5. The Labute approximate surface area is 119 Å². The summed E-state index contributed by atoms with van der Waals surface area (Å²) in [6, 6.07) is 3.92. The Bertz CT molecular complexity index is 470. The van der Waals surface area contributed by atoms with Crippen LogP contribution in [-0.4, -0.2) is 60.1 Å². The number of pyridine rings is 1. The second-order valence-corrected chi connectivity index (χ2v) is 5.48. The van der Waals surface area contributed by atoms with Crippen LogP contribution in [0.15, 0.2) is 18.3 Å². The molecule has 1 aliphatic heterocycles. The fourth-order valence-corrected chi connectivity index (χ4v) is 1.95. The fourth-order valence-electron chi connectivity index (χ4n) is 1.95. The molecule has 0 aromatic carbocycles. The van der Waals surface area contributed by atoms with E-state index >= 15 is 0 Å². The topological polar surface area (TPSA) is 57.7 Å². The standard InChI is InChI=1S/C14H22N4O2/c1-10(2)20-13-12(6-5-7-15-13)16-14(19)18-8-11(9-18)17(3)4/h5-7,10-11H,8-9H2,1-4H3,(H,16,19). The number of nitrogens with one attached hydrogen (secondary N) is 1. The lowest BCUT2D eigenvalue weighted by Crippen LogP contribution is -2.60. The maximum Gasteiger partial charge on any atom is 0.322 e. The Morgan fingerprint density at radius 2 is 2.20 bits per heavy atom. The van der Waals surface area contributed by atoms with Crippen molar-refractivity contribution >= 4 is 11.7 Å². The summed E-state index contributed by atoms with van der Waals surface area (Å²) >= 11 is 0. The second kappa shape index (κ2) is 6.09. The van der Waals surface area contributed by atoms with Gasteiger partial charge >= 0.3 is 6.03 Å². The molecule has 0 spiro atoms. The van der Waals surface area contributed by atoms with Gasteiger partial charge in [-0.2, -0.15) is 0 Å². The molecular formula is C14H22N4O2. The molecule has 6 heteroatoms. The summed E-state index contributed by atoms with van der Waals surface area (Å²) in [4.78, 5) is 20.2. The van der Waals surface area contributed by atoms with E-state index in [0.29, 0.717) is 17.6 Å². The predicted molar refractivity (Wildman–Crippen MR) is 78.1 cm³/mol. The minimum absolute atomic E-state index is 0.0164. The highest BCUT2D eigenvalue weighted by Crippen LogP contribution is 2.23. The largest absolute Gasteiger partial charge is 0.473 e. The van der Waals surface area contributed by atoms with Crippen LogP contribution < -0.4 is 10.1 Å². The molecule has 0 radical (unpaired) electrons. The summed E-state index contributed by atoms with van der Waals surface area (Å²) in [7, 11) is 4.05. The summed E-state index contributed by atoms with van der Waals surface area (Å²) in [6.07, 6.45) is 1.67. The molecule has 0 atom stereocenters. The minimum atomic E-state index is -0.107. The zero-order chi connectivity index (χ0) is 14.7. The van der Waals surface area contributed by atoms with Crippen molar-refractivity contribution in [2.24, 2.45) is 0 Å². The molecule has 0 saturated carbocycles. The maximum absolute atomic E-state index is 12.1. The Morgan fingerprint density at radius 3 is 2.80 bits per heavy atom. The summed E-state index contributed by atoms with van der Waals surface area (Å²) in [5.74, 6) is 0.459. The van der Waals surface area contributed by atoms with E-state index < -0.39 is 0 Å². The van der Waals surface area contributed by atoms with Crippen LogP contribution in [0.2, 0.25) is 0 Å². The van der Waals surface area contributed by atoms with E-state index in [1.807, 2.05) is 27.9 Å². The van der Waals surface area contributed by atoms with Crippen LogP contribution in [0.1, 0.15) is 13.8 Å². The fraction of sp³-hybridized carbons (Fsp3) is 0.571. The van der Waals surface area contributed by atoms with Gasteiger partial charge in [0.2, 0.25) is 5.88 Å². The number of likely N-dealkylation sites (N-methyl/N-ethyl adjacent to an activating group) is 1. The zero-order valence-electron chi connectivity index (χ0n) is 12.5. The smallest absolute Gasteiger partial charge is 0.322 e. The highest BCUT2D eigenvalue weighted by Gasteiger charge is 2.32. The number of ether oxygens (including phenoxy) is 1. The molecule has 2 heterocycles. The third-order valence-corrected chi connectivity index (χ3v) is 3.24. The minimum Gasteiger partial charge on any atom is -0.473 e. The van der Waals surface area contributed by atoms with Gasteiger partial charge in [0.1, 0.15) is 5.69 Å². The van der Waals surface area contributed by atoms with Gasteiger partial charge < -0.3 is 19.9 Å². The number of nitrogens with zero attached hydrogens (tertiary/aromatic N) is 3. The summed E-state index contributed by atoms with van der Waals surface area (Å²) in [6.45, 7) is 5.35. The van der Waals surface area contributed by atoms with Crippen molar-refractivity contribution in [2.45, 2.75) is 26.0 Å². The number of hydrogen-bond donors (Lipinski definition) is 1. The van der Waals surface area contributed by atoms with E-state index in [0.717, 1.165) is 13.1 Å². The van der Waals surface area contributed by atoms with E-state index in [4.69, 9.17) is 4.74 Å². The van der Waals surface area contributed by atoms with Crippen LogP contribution in [0.5, 0.6) is 5.88 Å². The van der Waals surface area contributed by atoms with Crippen molar-refractivity contribution in [1.29, 1.82) is 0 Å². The Morgan fingerprint density at radius 1 is 1.50 bits per heavy atom. The van der Waals surface area contributed by atoms with Crippen molar-refractivity contribution in [3.05, 3.63) is 18.3 Å². The van der Waals surface area contributed by atoms with E-state index in [-0.39, 0.29) is 12.1 Å². The SMILES string of the molecule is CC(C)Oc1ncccc1NC(=O)N1CC(N(C)C)C1.